The van der Waals surface area contributed by atoms with Gasteiger partial charge < -0.3 is 10.5 Å². The number of rotatable bonds is 1. The molecule has 0 radical (unpaired) electrons. The van der Waals surface area contributed by atoms with Gasteiger partial charge in [-0.3, -0.25) is 0 Å². The van der Waals surface area contributed by atoms with Gasteiger partial charge in [0.1, 0.15) is 12.6 Å². The largest absolute Gasteiger partial charge is 0.463 e. The minimum absolute atomic E-state index is 0.0281. The lowest BCUT2D eigenvalue weighted by molar-refractivity contribution is -0.138. The number of benzene rings is 1. The Morgan fingerprint density at radius 1 is 1.28 bits per heavy atom. The van der Waals surface area contributed by atoms with Crippen molar-refractivity contribution < 1.29 is 17.9 Å². The SMILES string of the molecule is NC1=N[C@H](c2cc(Cl)c(Cl)cc2C(F)(F)F)CO1. The molecule has 1 aromatic rings. The van der Waals surface area contributed by atoms with E-state index in [9.17, 15) is 13.2 Å². The van der Waals surface area contributed by atoms with E-state index >= 15 is 0 Å². The van der Waals surface area contributed by atoms with Crippen molar-refractivity contribution in [1.29, 1.82) is 0 Å². The average Bonchev–Trinajstić information content (AvgIpc) is 2.67. The zero-order valence-electron chi connectivity index (χ0n) is 8.76. The highest BCUT2D eigenvalue weighted by atomic mass is 35.5. The predicted molar refractivity (Wildman–Crippen MR) is 61.8 cm³/mol. The molecule has 1 heterocycles. The first-order valence-electron chi connectivity index (χ1n) is 4.81. The quantitative estimate of drug-likeness (QED) is 0.864. The van der Waals surface area contributed by atoms with Gasteiger partial charge in [-0.2, -0.15) is 13.2 Å². The molecular formula is C10H7Cl2F3N2O. The minimum atomic E-state index is -4.55. The van der Waals surface area contributed by atoms with Crippen molar-refractivity contribution in [2.45, 2.75) is 12.2 Å². The van der Waals surface area contributed by atoms with Crippen molar-refractivity contribution in [3.63, 3.8) is 0 Å². The van der Waals surface area contributed by atoms with Crippen LogP contribution in [0.25, 0.3) is 0 Å². The van der Waals surface area contributed by atoms with Crippen molar-refractivity contribution >= 4 is 29.2 Å². The predicted octanol–water partition coefficient (Wildman–Crippen LogP) is 3.40. The molecule has 8 heteroatoms. The first-order valence-corrected chi connectivity index (χ1v) is 5.57. The van der Waals surface area contributed by atoms with Crippen molar-refractivity contribution in [3.05, 3.63) is 33.3 Å². The Labute approximate surface area is 110 Å². The van der Waals surface area contributed by atoms with Gasteiger partial charge in [-0.25, -0.2) is 4.99 Å². The summed E-state index contributed by atoms with van der Waals surface area (Å²) < 4.78 is 43.5. The van der Waals surface area contributed by atoms with Crippen LogP contribution in [0, 0.1) is 0 Å². The summed E-state index contributed by atoms with van der Waals surface area (Å²) in [6, 6.07) is 0.960. The molecule has 0 spiro atoms. The van der Waals surface area contributed by atoms with E-state index in [1.54, 1.807) is 0 Å². The number of amidine groups is 1. The molecule has 1 aliphatic rings. The summed E-state index contributed by atoms with van der Waals surface area (Å²) in [6.07, 6.45) is -4.55. The van der Waals surface area contributed by atoms with E-state index in [2.05, 4.69) is 4.99 Å². The number of aliphatic imine (C=N–C) groups is 1. The molecule has 0 saturated heterocycles. The molecule has 0 aliphatic carbocycles. The lowest BCUT2D eigenvalue weighted by atomic mass is 10.0. The fourth-order valence-electron chi connectivity index (χ4n) is 1.64. The first kappa shape index (κ1) is 13.3. The summed E-state index contributed by atoms with van der Waals surface area (Å²) >= 11 is 11.3. The molecule has 98 valence electrons. The van der Waals surface area contributed by atoms with E-state index in [4.69, 9.17) is 33.7 Å². The molecule has 0 bridgehead atoms. The summed E-state index contributed by atoms with van der Waals surface area (Å²) in [5, 5.41) is -0.135. The second-order valence-electron chi connectivity index (χ2n) is 3.65. The van der Waals surface area contributed by atoms with Crippen LogP contribution >= 0.6 is 23.2 Å². The Morgan fingerprint density at radius 2 is 1.89 bits per heavy atom. The Morgan fingerprint density at radius 3 is 2.39 bits per heavy atom. The van der Waals surface area contributed by atoms with E-state index < -0.39 is 17.8 Å². The van der Waals surface area contributed by atoms with Gasteiger partial charge in [0.2, 0.25) is 0 Å². The molecular weight excluding hydrogens is 292 g/mol. The third-order valence-corrected chi connectivity index (χ3v) is 3.15. The molecule has 0 fully saturated rings. The second kappa shape index (κ2) is 4.51. The number of hydrogen-bond donors (Lipinski definition) is 1. The van der Waals surface area contributed by atoms with E-state index in [1.165, 1.54) is 0 Å². The number of nitrogens with two attached hydrogens (primary N) is 1. The summed E-state index contributed by atoms with van der Waals surface area (Å²) in [5.41, 5.74) is 4.29. The van der Waals surface area contributed by atoms with Gasteiger partial charge >= 0.3 is 6.18 Å². The van der Waals surface area contributed by atoms with Crippen molar-refractivity contribution in [3.8, 4) is 0 Å². The number of nitrogens with zero attached hydrogens (tertiary/aromatic N) is 1. The molecule has 1 aliphatic heterocycles. The highest BCUT2D eigenvalue weighted by molar-refractivity contribution is 6.42. The first-order chi connectivity index (χ1) is 8.29. The molecule has 0 saturated carbocycles. The fourth-order valence-corrected chi connectivity index (χ4v) is 1.97. The van der Waals surface area contributed by atoms with E-state index in [-0.39, 0.29) is 28.2 Å². The third-order valence-electron chi connectivity index (χ3n) is 2.43. The standard InChI is InChI=1S/C10H7Cl2F3N2O/c11-6-1-4(8-3-18-9(16)17-8)5(2-7(6)12)10(13,14)15/h1-2,8H,3H2,(H2,16,17)/t8-/m0/s1. The maximum absolute atomic E-state index is 12.9. The van der Waals surface area contributed by atoms with Gasteiger partial charge in [0.25, 0.3) is 6.02 Å². The number of ether oxygens (including phenoxy) is 1. The van der Waals surface area contributed by atoms with Crippen LogP contribution in [0.5, 0.6) is 0 Å². The van der Waals surface area contributed by atoms with Gasteiger partial charge in [-0.15, -0.1) is 0 Å². The normalized spacial score (nSPS) is 19.6. The van der Waals surface area contributed by atoms with E-state index in [0.29, 0.717) is 0 Å². The van der Waals surface area contributed by atoms with Crippen LogP contribution in [-0.2, 0) is 10.9 Å². The summed E-state index contributed by atoms with van der Waals surface area (Å²) in [5.74, 6) is 0. The van der Waals surface area contributed by atoms with Crippen LogP contribution in [0.1, 0.15) is 17.2 Å². The summed E-state index contributed by atoms with van der Waals surface area (Å²) in [7, 11) is 0. The Hall–Kier alpha value is -1.14. The van der Waals surface area contributed by atoms with Crippen LogP contribution in [0.2, 0.25) is 10.0 Å². The van der Waals surface area contributed by atoms with Crippen LogP contribution in [0.3, 0.4) is 0 Å². The van der Waals surface area contributed by atoms with Gasteiger partial charge in [-0.05, 0) is 17.7 Å². The second-order valence-corrected chi connectivity index (χ2v) is 4.46. The number of alkyl halides is 3. The molecule has 0 aromatic heterocycles. The monoisotopic (exact) mass is 298 g/mol. The van der Waals surface area contributed by atoms with Gasteiger partial charge in [-0.1, -0.05) is 23.2 Å². The van der Waals surface area contributed by atoms with Crippen LogP contribution in [-0.4, -0.2) is 12.6 Å². The highest BCUT2D eigenvalue weighted by Crippen LogP contribution is 2.40. The Kier molecular flexibility index (Phi) is 3.33. The Bertz CT molecular complexity index is 517. The smallest absolute Gasteiger partial charge is 0.416 e. The van der Waals surface area contributed by atoms with Crippen LogP contribution in [0.15, 0.2) is 17.1 Å². The van der Waals surface area contributed by atoms with Crippen molar-refractivity contribution in [1.82, 2.24) is 0 Å². The fraction of sp³-hybridized carbons (Fsp3) is 0.300. The van der Waals surface area contributed by atoms with Crippen LogP contribution < -0.4 is 5.73 Å². The van der Waals surface area contributed by atoms with Crippen molar-refractivity contribution in [2.24, 2.45) is 10.7 Å². The molecule has 2 rings (SSSR count). The maximum atomic E-state index is 12.9. The summed E-state index contributed by atoms with van der Waals surface area (Å²) in [4.78, 5) is 3.77. The van der Waals surface area contributed by atoms with Crippen LogP contribution in [0.4, 0.5) is 13.2 Å². The molecule has 3 nitrogen and oxygen atoms in total. The van der Waals surface area contributed by atoms with Gasteiger partial charge in [0.05, 0.1) is 15.6 Å². The number of halogens is 5. The Balaban J connectivity index is 2.55. The topological polar surface area (TPSA) is 47.6 Å². The third kappa shape index (κ3) is 2.49. The zero-order chi connectivity index (χ0) is 13.5. The van der Waals surface area contributed by atoms with Gasteiger partial charge in [0, 0.05) is 0 Å². The maximum Gasteiger partial charge on any atom is 0.416 e. The molecule has 18 heavy (non-hydrogen) atoms. The lowest BCUT2D eigenvalue weighted by Crippen LogP contribution is -2.12. The molecule has 2 N–H and O–H groups in total. The molecule has 0 unspecified atom stereocenters. The van der Waals surface area contributed by atoms with Gasteiger partial charge in [0.15, 0.2) is 0 Å². The molecule has 1 aromatic carbocycles. The van der Waals surface area contributed by atoms with E-state index in [1.807, 2.05) is 0 Å². The zero-order valence-corrected chi connectivity index (χ0v) is 10.3. The van der Waals surface area contributed by atoms with E-state index in [0.717, 1.165) is 12.1 Å². The van der Waals surface area contributed by atoms with Crippen molar-refractivity contribution in [2.75, 3.05) is 6.61 Å². The molecule has 1 atom stereocenters. The summed E-state index contributed by atoms with van der Waals surface area (Å²) in [6.45, 7) is -0.0487. The highest BCUT2D eigenvalue weighted by Gasteiger charge is 2.37. The lowest BCUT2D eigenvalue weighted by Gasteiger charge is -2.16. The molecule has 0 amide bonds. The number of hydrogen-bond acceptors (Lipinski definition) is 3. The minimum Gasteiger partial charge on any atom is -0.463 e. The average molecular weight is 299 g/mol.